The van der Waals surface area contributed by atoms with Crippen LogP contribution in [0, 0.1) is 12.8 Å². The van der Waals surface area contributed by atoms with Crippen LogP contribution >= 0.6 is 0 Å². The van der Waals surface area contributed by atoms with Crippen molar-refractivity contribution in [1.82, 2.24) is 9.47 Å². The summed E-state index contributed by atoms with van der Waals surface area (Å²) in [7, 11) is -1.53. The van der Waals surface area contributed by atoms with Crippen LogP contribution in [0.3, 0.4) is 0 Å². The summed E-state index contributed by atoms with van der Waals surface area (Å²) in [5.41, 5.74) is 6.58. The molecule has 1 atom stereocenters. The molecule has 200 valence electrons. The molecule has 6 heteroatoms. The number of aryl methyl sites for hydroxylation is 2. The summed E-state index contributed by atoms with van der Waals surface area (Å²) in [6.07, 6.45) is 4.80. The van der Waals surface area contributed by atoms with E-state index in [2.05, 4.69) is 71.1 Å². The minimum Gasteiger partial charge on any atom is -0.347 e. The van der Waals surface area contributed by atoms with Crippen molar-refractivity contribution in [3.05, 3.63) is 101 Å². The van der Waals surface area contributed by atoms with Crippen LogP contribution in [-0.2, 0) is 40.7 Å². The zero-order chi connectivity index (χ0) is 26.5. The Morgan fingerprint density at radius 2 is 1.66 bits per heavy atom. The Balaban J connectivity index is 1.30. The molecule has 0 unspecified atom stereocenters. The monoisotopic (exact) mass is 530 g/mol. The Morgan fingerprint density at radius 1 is 0.921 bits per heavy atom. The first kappa shape index (κ1) is 26.7. The van der Waals surface area contributed by atoms with Crippen LogP contribution in [0.15, 0.2) is 83.8 Å². The highest BCUT2D eigenvalue weighted by atomic mass is 32.2. The molecule has 0 aliphatic carbocycles. The van der Waals surface area contributed by atoms with Gasteiger partial charge in [0.15, 0.2) is 0 Å². The van der Waals surface area contributed by atoms with Gasteiger partial charge in [-0.05, 0) is 74.3 Å². The maximum atomic E-state index is 12.6. The molecule has 0 saturated heterocycles. The number of fused-ring (bicyclic) bond motifs is 3. The molecule has 0 spiro atoms. The van der Waals surface area contributed by atoms with Crippen LogP contribution < -0.4 is 0 Å². The third kappa shape index (κ3) is 6.20. The summed E-state index contributed by atoms with van der Waals surface area (Å²) in [5, 5.41) is 1.37. The van der Waals surface area contributed by atoms with Crippen LogP contribution in [0.5, 0.6) is 0 Å². The zero-order valence-electron chi connectivity index (χ0n) is 22.5. The zero-order valence-corrected chi connectivity index (χ0v) is 23.3. The van der Waals surface area contributed by atoms with Gasteiger partial charge in [-0.25, -0.2) is 0 Å². The molecule has 0 bridgehead atoms. The van der Waals surface area contributed by atoms with Crippen LogP contribution in [0.4, 0.5) is 0 Å². The van der Waals surface area contributed by atoms with E-state index < -0.39 is 10.1 Å². The molecular weight excluding hydrogens is 492 g/mol. The van der Waals surface area contributed by atoms with Gasteiger partial charge in [0, 0.05) is 43.3 Å². The van der Waals surface area contributed by atoms with E-state index in [1.165, 1.54) is 27.7 Å². The molecule has 4 aromatic rings. The number of aromatic nitrogens is 1. The number of para-hydroxylation sites is 1. The molecule has 0 radical (unpaired) electrons. The maximum Gasteiger partial charge on any atom is 0.296 e. The van der Waals surface area contributed by atoms with Crippen LogP contribution in [0.1, 0.15) is 41.6 Å². The normalized spacial score (nSPS) is 17.1. The number of nitrogens with zero attached hydrogens (tertiary/aromatic N) is 2. The Kier molecular flexibility index (Phi) is 8.32. The van der Waals surface area contributed by atoms with Crippen molar-refractivity contribution in [2.75, 3.05) is 19.7 Å². The molecule has 5 nitrogen and oxygen atoms in total. The van der Waals surface area contributed by atoms with Gasteiger partial charge in [-0.1, -0.05) is 66.2 Å². The van der Waals surface area contributed by atoms with Crippen molar-refractivity contribution in [3.63, 3.8) is 0 Å². The smallest absolute Gasteiger partial charge is 0.296 e. The molecular formula is C32H38N2O3S. The van der Waals surface area contributed by atoms with E-state index >= 15 is 0 Å². The van der Waals surface area contributed by atoms with Crippen molar-refractivity contribution in [2.45, 2.75) is 50.5 Å². The van der Waals surface area contributed by atoms with E-state index in [0.717, 1.165) is 57.3 Å². The van der Waals surface area contributed by atoms with Gasteiger partial charge in [-0.3, -0.25) is 9.08 Å². The van der Waals surface area contributed by atoms with Gasteiger partial charge in [0.25, 0.3) is 10.1 Å². The number of hydrogen-bond donors (Lipinski definition) is 0. The summed E-state index contributed by atoms with van der Waals surface area (Å²) < 4.78 is 33.0. The van der Waals surface area contributed by atoms with E-state index in [1.807, 2.05) is 6.92 Å². The van der Waals surface area contributed by atoms with Gasteiger partial charge in [-0.2, -0.15) is 8.42 Å². The third-order valence-corrected chi connectivity index (χ3v) is 9.21. The fraction of sp³-hybridized carbons (Fsp3) is 0.375. The standard InChI is InChI=1S/C32H38N2O3S/c1-25-14-17-28(18-15-25)38(35,36)37-22-8-11-27-16-19-32-30(29-12-6-7-13-31(29)33(32)2)20-21-34(24-27)23-26-9-4-3-5-10-26/h3-7,9-10,12-15,17-18,27H,8,11,16,19-24H2,1-2H3/t27-/m0/s1. The SMILES string of the molecule is Cc1ccc(S(=O)(=O)OCCC[C@H]2CCc3c(c4ccccc4n3C)CCN(Cc3ccccc3)C2)cc1. The van der Waals surface area contributed by atoms with Crippen LogP contribution in [0.25, 0.3) is 10.9 Å². The van der Waals surface area contributed by atoms with Gasteiger partial charge in [0.2, 0.25) is 0 Å². The molecule has 0 fully saturated rings. The average molecular weight is 531 g/mol. The fourth-order valence-corrected chi connectivity index (χ4v) is 6.76. The lowest BCUT2D eigenvalue weighted by Crippen LogP contribution is -2.31. The van der Waals surface area contributed by atoms with Crippen molar-refractivity contribution in [1.29, 1.82) is 0 Å². The highest BCUT2D eigenvalue weighted by Gasteiger charge is 2.23. The molecule has 3 aromatic carbocycles. The van der Waals surface area contributed by atoms with Gasteiger partial charge >= 0.3 is 0 Å². The highest BCUT2D eigenvalue weighted by Crippen LogP contribution is 2.30. The fourth-order valence-electron chi connectivity index (χ4n) is 5.82. The molecule has 0 amide bonds. The average Bonchev–Trinajstić information content (AvgIpc) is 3.23. The van der Waals surface area contributed by atoms with Gasteiger partial charge < -0.3 is 4.57 Å². The lowest BCUT2D eigenvalue weighted by atomic mass is 9.95. The second kappa shape index (κ2) is 11.9. The van der Waals surface area contributed by atoms with Crippen molar-refractivity contribution < 1.29 is 12.6 Å². The Bertz CT molecular complexity index is 1460. The van der Waals surface area contributed by atoms with Crippen LogP contribution in [0.2, 0.25) is 0 Å². The van der Waals surface area contributed by atoms with E-state index in [9.17, 15) is 8.42 Å². The Morgan fingerprint density at radius 3 is 2.45 bits per heavy atom. The summed E-state index contributed by atoms with van der Waals surface area (Å²) in [4.78, 5) is 2.81. The Hall–Kier alpha value is -2.93. The Labute approximate surface area is 227 Å². The number of benzene rings is 3. The van der Waals surface area contributed by atoms with Crippen molar-refractivity contribution in [2.24, 2.45) is 13.0 Å². The van der Waals surface area contributed by atoms with Crippen LogP contribution in [-0.4, -0.2) is 37.6 Å². The lowest BCUT2D eigenvalue weighted by molar-refractivity contribution is 0.205. The van der Waals surface area contributed by atoms with Gasteiger partial charge in [-0.15, -0.1) is 0 Å². The van der Waals surface area contributed by atoms with E-state index in [0.29, 0.717) is 5.92 Å². The molecule has 0 N–H and O–H groups in total. The second-order valence-electron chi connectivity index (χ2n) is 10.6. The van der Waals surface area contributed by atoms with Crippen molar-refractivity contribution >= 4 is 21.0 Å². The van der Waals surface area contributed by atoms with E-state index in [1.54, 1.807) is 24.3 Å². The quantitative estimate of drug-likeness (QED) is 0.199. The van der Waals surface area contributed by atoms with Crippen molar-refractivity contribution in [3.8, 4) is 0 Å². The highest BCUT2D eigenvalue weighted by molar-refractivity contribution is 7.86. The maximum absolute atomic E-state index is 12.6. The van der Waals surface area contributed by atoms with Gasteiger partial charge in [0.05, 0.1) is 11.5 Å². The second-order valence-corrected chi connectivity index (χ2v) is 12.2. The largest absolute Gasteiger partial charge is 0.347 e. The van der Waals surface area contributed by atoms with Gasteiger partial charge in [0.1, 0.15) is 0 Å². The van der Waals surface area contributed by atoms with E-state index in [-0.39, 0.29) is 11.5 Å². The first-order chi connectivity index (χ1) is 18.4. The first-order valence-corrected chi connectivity index (χ1v) is 15.1. The molecule has 2 heterocycles. The predicted octanol–water partition coefficient (Wildman–Crippen LogP) is 6.28. The summed E-state index contributed by atoms with van der Waals surface area (Å²) in [6, 6.07) is 26.3. The molecule has 5 rings (SSSR count). The number of hydrogen-bond acceptors (Lipinski definition) is 4. The lowest BCUT2D eigenvalue weighted by Gasteiger charge is -2.27. The molecule has 38 heavy (non-hydrogen) atoms. The predicted molar refractivity (Wildman–Crippen MR) is 154 cm³/mol. The minimum absolute atomic E-state index is 0.213. The van der Waals surface area contributed by atoms with E-state index in [4.69, 9.17) is 4.18 Å². The topological polar surface area (TPSA) is 51.5 Å². The summed E-state index contributed by atoms with van der Waals surface area (Å²) >= 11 is 0. The summed E-state index contributed by atoms with van der Waals surface area (Å²) in [6.45, 7) is 5.09. The first-order valence-electron chi connectivity index (χ1n) is 13.7. The summed E-state index contributed by atoms with van der Waals surface area (Å²) in [5.74, 6) is 0.466. The third-order valence-electron chi connectivity index (χ3n) is 7.88. The molecule has 1 aliphatic heterocycles. The minimum atomic E-state index is -3.72. The number of rotatable bonds is 8. The molecule has 1 aliphatic rings. The molecule has 0 saturated carbocycles. The molecule has 1 aromatic heterocycles.